The molecule has 2 aromatic rings. The monoisotopic (exact) mass is 432 g/mol. The third kappa shape index (κ3) is 3.84. The molecule has 2 unspecified atom stereocenters. The lowest BCUT2D eigenvalue weighted by Crippen LogP contribution is -2.32. The fourth-order valence-electron chi connectivity index (χ4n) is 4.02. The lowest BCUT2D eigenvalue weighted by atomic mass is 9.77. The predicted molar refractivity (Wildman–Crippen MR) is 116 cm³/mol. The van der Waals surface area contributed by atoms with Crippen molar-refractivity contribution in [1.82, 2.24) is 5.01 Å². The van der Waals surface area contributed by atoms with Gasteiger partial charge in [-0.05, 0) is 66.3 Å². The molecule has 1 heterocycles. The van der Waals surface area contributed by atoms with E-state index in [0.29, 0.717) is 10.0 Å². The van der Waals surface area contributed by atoms with Crippen molar-refractivity contribution in [3.8, 4) is 0 Å². The Morgan fingerprint density at radius 1 is 1.07 bits per heavy atom. The number of amides is 1. The number of nitrogens with zero attached hydrogens (tertiary/aromatic N) is 2. The van der Waals surface area contributed by atoms with E-state index in [1.165, 1.54) is 5.57 Å². The summed E-state index contributed by atoms with van der Waals surface area (Å²) in [4.78, 5) is 12.5. The van der Waals surface area contributed by atoms with Crippen LogP contribution in [-0.4, -0.2) is 22.5 Å². The molecule has 28 heavy (non-hydrogen) atoms. The van der Waals surface area contributed by atoms with Crippen molar-refractivity contribution >= 4 is 52.5 Å². The fraction of sp³-hybridized carbons (Fsp3) is 0.273. The zero-order valence-corrected chi connectivity index (χ0v) is 17.4. The van der Waals surface area contributed by atoms with Crippen molar-refractivity contribution in [2.75, 3.05) is 5.88 Å². The normalized spacial score (nSPS) is 22.9. The summed E-state index contributed by atoms with van der Waals surface area (Å²) >= 11 is 17.9. The number of benzene rings is 2. The van der Waals surface area contributed by atoms with Gasteiger partial charge >= 0.3 is 0 Å². The van der Waals surface area contributed by atoms with Crippen molar-refractivity contribution in [2.24, 2.45) is 11.0 Å². The molecule has 2 aliphatic rings. The highest BCUT2D eigenvalue weighted by atomic mass is 35.5. The van der Waals surface area contributed by atoms with Gasteiger partial charge in [0.1, 0.15) is 5.88 Å². The van der Waals surface area contributed by atoms with Crippen LogP contribution < -0.4 is 0 Å². The summed E-state index contributed by atoms with van der Waals surface area (Å²) in [5, 5.41) is 7.69. The number of hydrogen-bond acceptors (Lipinski definition) is 2. The van der Waals surface area contributed by atoms with E-state index in [9.17, 15) is 4.79 Å². The summed E-state index contributed by atoms with van der Waals surface area (Å²) in [6.07, 6.45) is 5.12. The van der Waals surface area contributed by atoms with Gasteiger partial charge < -0.3 is 0 Å². The topological polar surface area (TPSA) is 32.7 Å². The predicted octanol–water partition coefficient (Wildman–Crippen LogP) is 6.36. The van der Waals surface area contributed by atoms with Crippen LogP contribution in [0.3, 0.4) is 0 Å². The van der Waals surface area contributed by atoms with Gasteiger partial charge in [-0.1, -0.05) is 47.5 Å². The quantitative estimate of drug-likeness (QED) is 0.519. The van der Waals surface area contributed by atoms with Gasteiger partial charge in [0, 0.05) is 16.0 Å². The molecule has 1 saturated carbocycles. The van der Waals surface area contributed by atoms with Crippen molar-refractivity contribution in [2.45, 2.75) is 25.3 Å². The van der Waals surface area contributed by atoms with Crippen LogP contribution in [0.1, 0.15) is 36.4 Å². The summed E-state index contributed by atoms with van der Waals surface area (Å²) in [6.45, 7) is 0. The number of allylic oxidation sites excluding steroid dienone is 1. The molecule has 0 bridgehead atoms. The largest absolute Gasteiger partial charge is 0.272 e. The average molecular weight is 434 g/mol. The van der Waals surface area contributed by atoms with E-state index in [1.54, 1.807) is 5.01 Å². The Morgan fingerprint density at radius 2 is 1.71 bits per heavy atom. The first-order valence-electron chi connectivity index (χ1n) is 9.25. The second-order valence-electron chi connectivity index (χ2n) is 7.07. The van der Waals surface area contributed by atoms with Gasteiger partial charge in [0.05, 0.1) is 11.8 Å². The Kier molecular flexibility index (Phi) is 5.77. The Balaban J connectivity index is 1.73. The van der Waals surface area contributed by atoms with Crippen molar-refractivity contribution < 1.29 is 4.79 Å². The Morgan fingerprint density at radius 3 is 2.36 bits per heavy atom. The van der Waals surface area contributed by atoms with Crippen molar-refractivity contribution in [3.05, 3.63) is 75.3 Å². The first-order valence-corrected chi connectivity index (χ1v) is 10.5. The van der Waals surface area contributed by atoms with Gasteiger partial charge in [0.25, 0.3) is 5.91 Å². The number of alkyl halides is 1. The number of rotatable bonds is 3. The maximum atomic E-state index is 12.5. The molecule has 0 radical (unpaired) electrons. The molecular weight excluding hydrogens is 415 g/mol. The summed E-state index contributed by atoms with van der Waals surface area (Å²) in [5.41, 5.74) is 4.26. The van der Waals surface area contributed by atoms with Crippen LogP contribution in [0.5, 0.6) is 0 Å². The molecule has 1 aliphatic carbocycles. The zero-order chi connectivity index (χ0) is 19.7. The number of fused-ring (bicyclic) bond motifs is 1. The van der Waals surface area contributed by atoms with E-state index >= 15 is 0 Å². The molecule has 2 atom stereocenters. The molecule has 0 spiro atoms. The Labute approximate surface area is 179 Å². The summed E-state index contributed by atoms with van der Waals surface area (Å²) < 4.78 is 0. The lowest BCUT2D eigenvalue weighted by molar-refractivity contribution is -0.130. The molecule has 144 valence electrons. The number of hydrazone groups is 1. The zero-order valence-electron chi connectivity index (χ0n) is 15.1. The van der Waals surface area contributed by atoms with E-state index in [2.05, 4.69) is 6.08 Å². The van der Waals surface area contributed by atoms with Gasteiger partial charge in [-0.15, -0.1) is 11.6 Å². The highest BCUT2D eigenvalue weighted by Gasteiger charge is 2.43. The minimum Gasteiger partial charge on any atom is -0.272 e. The fourth-order valence-corrected chi connectivity index (χ4v) is 4.40. The van der Waals surface area contributed by atoms with Gasteiger partial charge in [-0.25, -0.2) is 5.01 Å². The third-order valence-corrected chi connectivity index (χ3v) is 6.03. The molecule has 0 saturated heterocycles. The Bertz CT molecular complexity index is 935. The van der Waals surface area contributed by atoms with Crippen LogP contribution in [0, 0.1) is 5.92 Å². The first kappa shape index (κ1) is 19.5. The summed E-state index contributed by atoms with van der Waals surface area (Å²) in [5.74, 6) is -0.126. The molecule has 1 fully saturated rings. The molecular formula is C22H19Cl3N2O. The molecule has 2 aromatic carbocycles. The van der Waals surface area contributed by atoms with E-state index in [-0.39, 0.29) is 23.7 Å². The van der Waals surface area contributed by atoms with Gasteiger partial charge in [-0.2, -0.15) is 5.10 Å². The Hall–Kier alpha value is -1.81. The van der Waals surface area contributed by atoms with Crippen molar-refractivity contribution in [3.63, 3.8) is 0 Å². The summed E-state index contributed by atoms with van der Waals surface area (Å²) in [7, 11) is 0. The van der Waals surface area contributed by atoms with Crippen LogP contribution in [0.25, 0.3) is 6.08 Å². The maximum absolute atomic E-state index is 12.5. The molecule has 0 N–H and O–H groups in total. The average Bonchev–Trinajstić information content (AvgIpc) is 3.10. The van der Waals surface area contributed by atoms with Crippen LogP contribution in [0.4, 0.5) is 0 Å². The van der Waals surface area contributed by atoms with Crippen LogP contribution in [-0.2, 0) is 4.79 Å². The van der Waals surface area contributed by atoms with Gasteiger partial charge in [0.15, 0.2) is 0 Å². The standard InChI is InChI=1S/C22H19Cl3N2O/c23-13-20(28)27-22(15-6-10-18(25)11-7-15)19-3-1-2-16(21(19)26-27)12-14-4-8-17(24)9-5-14/h4-12,19,22H,1-3,13H2/b16-12+. The number of carbonyl (C=O) groups is 1. The third-order valence-electron chi connectivity index (χ3n) is 5.29. The van der Waals surface area contributed by atoms with E-state index in [0.717, 1.165) is 36.1 Å². The van der Waals surface area contributed by atoms with Gasteiger partial charge in [0.2, 0.25) is 0 Å². The molecule has 0 aromatic heterocycles. The highest BCUT2D eigenvalue weighted by molar-refractivity contribution is 6.31. The second kappa shape index (κ2) is 8.28. The highest BCUT2D eigenvalue weighted by Crippen LogP contribution is 2.44. The van der Waals surface area contributed by atoms with E-state index in [1.807, 2.05) is 48.5 Å². The first-order chi connectivity index (χ1) is 13.6. The minimum atomic E-state index is -0.186. The summed E-state index contributed by atoms with van der Waals surface area (Å²) in [6, 6.07) is 15.2. The molecule has 1 amide bonds. The smallest absolute Gasteiger partial charge is 0.258 e. The number of halogens is 3. The lowest BCUT2D eigenvalue weighted by Gasteiger charge is -2.29. The SMILES string of the molecule is O=C(CCl)N1N=C2/C(=C/c3ccc(Cl)cc3)CCCC2C1c1ccc(Cl)cc1. The molecule has 1 aliphatic heterocycles. The van der Waals surface area contributed by atoms with Crippen LogP contribution in [0.2, 0.25) is 10.0 Å². The van der Waals surface area contributed by atoms with Crippen LogP contribution in [0.15, 0.2) is 59.2 Å². The maximum Gasteiger partial charge on any atom is 0.258 e. The number of carbonyl (C=O) groups excluding carboxylic acids is 1. The van der Waals surface area contributed by atoms with E-state index in [4.69, 9.17) is 39.9 Å². The molecule has 6 heteroatoms. The van der Waals surface area contributed by atoms with Crippen LogP contribution >= 0.6 is 34.8 Å². The molecule has 4 rings (SSSR count). The minimum absolute atomic E-state index is 0.0934. The second-order valence-corrected chi connectivity index (χ2v) is 8.21. The molecule has 3 nitrogen and oxygen atoms in total. The van der Waals surface area contributed by atoms with Crippen molar-refractivity contribution in [1.29, 1.82) is 0 Å². The number of hydrogen-bond donors (Lipinski definition) is 0. The van der Waals surface area contributed by atoms with Gasteiger partial charge in [-0.3, -0.25) is 4.79 Å². The van der Waals surface area contributed by atoms with E-state index < -0.39 is 0 Å².